The molecule has 0 amide bonds. The standard InChI is InChI=1S/C27H27O9PS/c1-31-16-10-7-11-17(32-2)22(16)25(28)37(38,26(29)23-18(33-3)12-8-13-19(23)34-4)27(30)24-20(35-5)14-9-15-21(24)36-6/h7-15H,1-6H3. The Labute approximate surface area is 225 Å². The molecule has 0 aliphatic carbocycles. The van der Waals surface area contributed by atoms with Crippen molar-refractivity contribution in [1.29, 1.82) is 0 Å². The van der Waals surface area contributed by atoms with Crippen LogP contribution >= 0.6 is 6.04 Å². The lowest BCUT2D eigenvalue weighted by Crippen LogP contribution is -2.21. The van der Waals surface area contributed by atoms with Gasteiger partial charge in [-0.1, -0.05) is 30.0 Å². The van der Waals surface area contributed by atoms with Crippen molar-refractivity contribution in [2.24, 2.45) is 0 Å². The van der Waals surface area contributed by atoms with Gasteiger partial charge in [0.1, 0.15) is 51.2 Å². The summed E-state index contributed by atoms with van der Waals surface area (Å²) in [7, 11) is 8.11. The van der Waals surface area contributed by atoms with Gasteiger partial charge in [0.25, 0.3) is 0 Å². The lowest BCUT2D eigenvalue weighted by molar-refractivity contribution is 0.101. The van der Waals surface area contributed by atoms with E-state index >= 15 is 0 Å². The molecule has 3 rings (SSSR count). The average molecular weight is 559 g/mol. The fourth-order valence-corrected chi connectivity index (χ4v) is 6.92. The van der Waals surface area contributed by atoms with Crippen LogP contribution in [0.3, 0.4) is 0 Å². The molecule has 0 unspecified atom stereocenters. The Morgan fingerprint density at radius 2 is 0.658 bits per heavy atom. The number of benzene rings is 3. The molecule has 3 aromatic rings. The lowest BCUT2D eigenvalue weighted by Gasteiger charge is -2.24. The first-order valence-electron chi connectivity index (χ1n) is 11.1. The van der Waals surface area contributed by atoms with E-state index in [-0.39, 0.29) is 51.2 Å². The van der Waals surface area contributed by atoms with E-state index in [1.54, 1.807) is 18.2 Å². The minimum absolute atomic E-state index is 0.0863. The van der Waals surface area contributed by atoms with Crippen LogP contribution < -0.4 is 28.4 Å². The Bertz CT molecular complexity index is 1200. The highest BCUT2D eigenvalue weighted by Gasteiger charge is 2.49. The first-order chi connectivity index (χ1) is 18.2. The molecule has 0 saturated heterocycles. The molecule has 0 spiro atoms. The van der Waals surface area contributed by atoms with Gasteiger partial charge < -0.3 is 28.4 Å². The van der Waals surface area contributed by atoms with Gasteiger partial charge in [-0.2, -0.15) is 0 Å². The summed E-state index contributed by atoms with van der Waals surface area (Å²) in [6.45, 7) is 0. The fraction of sp³-hybridized carbons (Fsp3) is 0.222. The van der Waals surface area contributed by atoms with Crippen LogP contribution in [0.1, 0.15) is 31.1 Å². The molecule has 0 heterocycles. The predicted molar refractivity (Wildman–Crippen MR) is 146 cm³/mol. The molecule has 0 radical (unpaired) electrons. The lowest BCUT2D eigenvalue weighted by atomic mass is 10.2. The molecule has 0 aliphatic heterocycles. The Morgan fingerprint density at radius 1 is 0.474 bits per heavy atom. The van der Waals surface area contributed by atoms with Gasteiger partial charge in [-0.15, -0.1) is 0 Å². The maximum Gasteiger partial charge on any atom is 0.216 e. The van der Waals surface area contributed by atoms with E-state index in [9.17, 15) is 14.4 Å². The van der Waals surface area contributed by atoms with Crippen LogP contribution in [-0.2, 0) is 11.8 Å². The zero-order valence-corrected chi connectivity index (χ0v) is 23.4. The van der Waals surface area contributed by atoms with Crippen LogP contribution in [0.4, 0.5) is 0 Å². The van der Waals surface area contributed by atoms with Crippen LogP contribution in [0, 0.1) is 0 Å². The van der Waals surface area contributed by atoms with E-state index in [0.29, 0.717) is 0 Å². The summed E-state index contributed by atoms with van der Waals surface area (Å²) >= 11 is 5.89. The Hall–Kier alpha value is -3.88. The van der Waals surface area contributed by atoms with E-state index in [1.165, 1.54) is 79.1 Å². The zero-order valence-electron chi connectivity index (χ0n) is 21.7. The molecule has 11 heteroatoms. The normalized spacial score (nSPS) is 10.8. The van der Waals surface area contributed by atoms with Gasteiger partial charge in [0.05, 0.1) is 42.7 Å². The number of ether oxygens (including phenoxy) is 6. The fourth-order valence-electron chi connectivity index (χ4n) is 3.93. The summed E-state index contributed by atoms with van der Waals surface area (Å²) in [5.74, 6) is 0.518. The molecule has 0 saturated carbocycles. The SMILES string of the molecule is COc1cccc(OC)c1C(=O)P(=S)(C(=O)c1c(OC)cccc1OC)C(=O)c1c(OC)cccc1OC. The molecular weight excluding hydrogens is 531 g/mol. The van der Waals surface area contributed by atoms with Crippen molar-refractivity contribution in [3.63, 3.8) is 0 Å². The van der Waals surface area contributed by atoms with Gasteiger partial charge in [0, 0.05) is 0 Å². The molecule has 0 N–H and O–H groups in total. The Morgan fingerprint density at radius 3 is 0.816 bits per heavy atom. The highest BCUT2D eigenvalue weighted by Crippen LogP contribution is 2.60. The maximum atomic E-state index is 14.4. The zero-order chi connectivity index (χ0) is 28.0. The van der Waals surface area contributed by atoms with Crippen molar-refractivity contribution in [2.75, 3.05) is 42.7 Å². The topological polar surface area (TPSA) is 107 Å². The predicted octanol–water partition coefficient (Wildman–Crippen LogP) is 5.04. The van der Waals surface area contributed by atoms with Gasteiger partial charge in [-0.05, 0) is 36.4 Å². The molecule has 9 nitrogen and oxygen atoms in total. The van der Waals surface area contributed by atoms with Crippen molar-refractivity contribution < 1.29 is 42.8 Å². The maximum absolute atomic E-state index is 14.4. The summed E-state index contributed by atoms with van der Waals surface area (Å²) in [4.78, 5) is 43.3. The Balaban J connectivity index is 2.45. The highest BCUT2D eigenvalue weighted by molar-refractivity contribution is 8.38. The summed E-state index contributed by atoms with van der Waals surface area (Å²) in [6, 6.07) is 9.42. The van der Waals surface area contributed by atoms with Crippen molar-refractivity contribution in [1.82, 2.24) is 0 Å². The molecule has 200 valence electrons. The molecule has 0 atom stereocenters. The van der Waals surface area contributed by atoms with Gasteiger partial charge in [-0.25, -0.2) is 0 Å². The molecule has 0 fully saturated rings. The molecule has 0 aromatic heterocycles. The molecule has 0 bridgehead atoms. The Kier molecular flexibility index (Phi) is 9.14. The van der Waals surface area contributed by atoms with Gasteiger partial charge in [0.2, 0.25) is 16.6 Å². The molecule has 38 heavy (non-hydrogen) atoms. The quantitative estimate of drug-likeness (QED) is 0.281. The van der Waals surface area contributed by atoms with E-state index in [0.717, 1.165) is 0 Å². The number of carbonyl (C=O) groups is 3. The number of methoxy groups -OCH3 is 6. The first kappa shape index (κ1) is 28.7. The van der Waals surface area contributed by atoms with Crippen molar-refractivity contribution >= 4 is 34.4 Å². The average Bonchev–Trinajstić information content (AvgIpc) is 2.97. The van der Waals surface area contributed by atoms with Crippen LogP contribution in [-0.4, -0.2) is 59.2 Å². The molecule has 0 aliphatic rings. The van der Waals surface area contributed by atoms with Crippen LogP contribution in [0.25, 0.3) is 0 Å². The van der Waals surface area contributed by atoms with Crippen LogP contribution in [0.15, 0.2) is 54.6 Å². The van der Waals surface area contributed by atoms with Crippen molar-refractivity contribution in [2.45, 2.75) is 0 Å². The second-order valence-corrected chi connectivity index (χ2v) is 11.7. The summed E-state index contributed by atoms with van der Waals surface area (Å²) in [5, 5.41) is 0. The second-order valence-electron chi connectivity index (χ2n) is 7.64. The van der Waals surface area contributed by atoms with Crippen molar-refractivity contribution in [3.8, 4) is 34.5 Å². The van der Waals surface area contributed by atoms with Crippen LogP contribution in [0.5, 0.6) is 34.5 Å². The number of rotatable bonds is 12. The van der Waals surface area contributed by atoms with Crippen LogP contribution in [0.2, 0.25) is 0 Å². The summed E-state index contributed by atoms with van der Waals surface area (Å²) in [5.41, 5.74) is -3.20. The number of carbonyl (C=O) groups excluding carboxylic acids is 3. The van der Waals surface area contributed by atoms with Gasteiger partial charge in [-0.3, -0.25) is 14.4 Å². The largest absolute Gasteiger partial charge is 0.496 e. The van der Waals surface area contributed by atoms with E-state index in [1.807, 2.05) is 0 Å². The third-order valence-electron chi connectivity index (χ3n) is 5.78. The van der Waals surface area contributed by atoms with Gasteiger partial charge in [0.15, 0.2) is 6.04 Å². The van der Waals surface area contributed by atoms with Gasteiger partial charge >= 0.3 is 0 Å². The van der Waals surface area contributed by atoms with E-state index in [2.05, 4.69) is 0 Å². The van der Waals surface area contributed by atoms with E-state index in [4.69, 9.17) is 40.2 Å². The van der Waals surface area contributed by atoms with Crippen molar-refractivity contribution in [3.05, 3.63) is 71.3 Å². The number of hydrogen-bond donors (Lipinski definition) is 0. The molecular formula is C27H27O9PS. The summed E-state index contributed by atoms with van der Waals surface area (Å²) < 4.78 is 32.4. The van der Waals surface area contributed by atoms with E-state index < -0.39 is 22.6 Å². The first-order valence-corrected chi connectivity index (χ1v) is 13.9. The minimum atomic E-state index is -4.46. The summed E-state index contributed by atoms with van der Waals surface area (Å²) in [6.07, 6.45) is 0. The highest BCUT2D eigenvalue weighted by atomic mass is 32.4. The smallest absolute Gasteiger partial charge is 0.216 e. The minimum Gasteiger partial charge on any atom is -0.496 e. The third kappa shape index (κ3) is 4.85. The number of hydrogen-bond acceptors (Lipinski definition) is 10. The molecule has 3 aromatic carbocycles. The second kappa shape index (κ2) is 12.1. The monoisotopic (exact) mass is 558 g/mol. The third-order valence-corrected chi connectivity index (χ3v) is 9.66.